The first-order chi connectivity index (χ1) is 10.1. The average molecular weight is 308 g/mol. The minimum absolute atomic E-state index is 0.0723. The van der Waals surface area contributed by atoms with Crippen molar-refractivity contribution in [3.8, 4) is 11.3 Å². The van der Waals surface area contributed by atoms with Crippen LogP contribution in [0.1, 0.15) is 49.4 Å². The number of nitrogens with zero attached hydrogens (tertiary/aromatic N) is 2. The molecular formula is C16H18F2N2S. The molecular weight excluding hydrogens is 290 g/mol. The van der Waals surface area contributed by atoms with E-state index in [1.807, 2.05) is 12.5 Å². The molecule has 2 aliphatic rings. The number of halogens is 2. The number of hydrogen-bond donors (Lipinski definition) is 0. The molecule has 21 heavy (non-hydrogen) atoms. The number of fused-ring (bicyclic) bond motifs is 3. The quantitative estimate of drug-likeness (QED) is 0.769. The molecule has 1 saturated carbocycles. The number of imidazole rings is 1. The Kier molecular flexibility index (Phi) is 3.14. The maximum Gasteiger partial charge on any atom is 0.248 e. The van der Waals surface area contributed by atoms with Crippen molar-refractivity contribution in [2.75, 3.05) is 0 Å². The van der Waals surface area contributed by atoms with Crippen molar-refractivity contribution in [2.45, 2.75) is 50.5 Å². The van der Waals surface area contributed by atoms with Crippen LogP contribution in [0.15, 0.2) is 24.0 Å². The van der Waals surface area contributed by atoms with Gasteiger partial charge >= 0.3 is 0 Å². The first-order valence-corrected chi connectivity index (χ1v) is 8.49. The molecule has 1 aliphatic carbocycles. The highest BCUT2D eigenvalue weighted by Gasteiger charge is 2.36. The highest BCUT2D eigenvalue weighted by Crippen LogP contribution is 2.46. The smallest absolute Gasteiger partial charge is 0.248 e. The number of aromatic nitrogens is 2. The summed E-state index contributed by atoms with van der Waals surface area (Å²) in [7, 11) is 0. The summed E-state index contributed by atoms with van der Waals surface area (Å²) in [6, 6.07) is 2.52. The van der Waals surface area contributed by atoms with Crippen molar-refractivity contribution in [3.05, 3.63) is 28.8 Å². The van der Waals surface area contributed by atoms with E-state index in [0.717, 1.165) is 12.8 Å². The number of hydrogen-bond acceptors (Lipinski definition) is 2. The van der Waals surface area contributed by atoms with E-state index < -0.39 is 5.92 Å². The van der Waals surface area contributed by atoms with E-state index in [2.05, 4.69) is 21.0 Å². The van der Waals surface area contributed by atoms with Crippen LogP contribution in [0, 0.1) is 5.92 Å². The van der Waals surface area contributed by atoms with Crippen LogP contribution in [-0.2, 0) is 0 Å². The van der Waals surface area contributed by atoms with Crippen LogP contribution >= 0.6 is 11.3 Å². The van der Waals surface area contributed by atoms with E-state index in [0.29, 0.717) is 24.8 Å². The van der Waals surface area contributed by atoms with E-state index in [1.54, 1.807) is 11.3 Å². The number of rotatable bonds is 3. The summed E-state index contributed by atoms with van der Waals surface area (Å²) in [4.78, 5) is 5.67. The van der Waals surface area contributed by atoms with Crippen LogP contribution in [0.5, 0.6) is 0 Å². The lowest BCUT2D eigenvalue weighted by Gasteiger charge is -2.29. The molecule has 3 heterocycles. The third kappa shape index (κ3) is 2.31. The van der Waals surface area contributed by atoms with E-state index >= 15 is 0 Å². The summed E-state index contributed by atoms with van der Waals surface area (Å²) in [5, 5.41) is 2.13. The molecule has 0 aromatic carbocycles. The Morgan fingerprint density at radius 2 is 2.10 bits per heavy atom. The molecule has 2 nitrogen and oxygen atoms in total. The van der Waals surface area contributed by atoms with Crippen molar-refractivity contribution >= 4 is 11.3 Å². The fourth-order valence-corrected chi connectivity index (χ4v) is 4.77. The van der Waals surface area contributed by atoms with Gasteiger partial charge in [0.1, 0.15) is 0 Å². The lowest BCUT2D eigenvalue weighted by molar-refractivity contribution is -0.0468. The van der Waals surface area contributed by atoms with Gasteiger partial charge < -0.3 is 4.57 Å². The lowest BCUT2D eigenvalue weighted by atomic mass is 9.83. The van der Waals surface area contributed by atoms with Gasteiger partial charge in [0, 0.05) is 23.3 Å². The minimum Gasteiger partial charge on any atom is -0.322 e. The number of alkyl halides is 2. The predicted octanol–water partition coefficient (Wildman–Crippen LogP) is 5.12. The van der Waals surface area contributed by atoms with Crippen molar-refractivity contribution in [1.82, 2.24) is 9.55 Å². The van der Waals surface area contributed by atoms with E-state index in [9.17, 15) is 8.78 Å². The van der Waals surface area contributed by atoms with E-state index in [4.69, 9.17) is 0 Å². The SMILES string of the molecule is FC1(F)CCC(CC[C@H]2c3sccc3-c3cncn32)CC1. The van der Waals surface area contributed by atoms with Gasteiger partial charge in [-0.2, -0.15) is 0 Å². The zero-order valence-corrected chi connectivity index (χ0v) is 12.6. The molecule has 0 spiro atoms. The average Bonchev–Trinajstić information content (AvgIpc) is 3.12. The third-order valence-corrected chi connectivity index (χ3v) is 5.98. The highest BCUT2D eigenvalue weighted by atomic mass is 32.1. The molecule has 1 atom stereocenters. The van der Waals surface area contributed by atoms with Gasteiger partial charge in [-0.25, -0.2) is 13.8 Å². The van der Waals surface area contributed by atoms with Crippen molar-refractivity contribution in [1.29, 1.82) is 0 Å². The first kappa shape index (κ1) is 13.4. The van der Waals surface area contributed by atoms with E-state index in [1.165, 1.54) is 16.1 Å². The standard InChI is InChI=1S/C16H18F2N2S/c17-16(18)6-3-11(4-7-16)1-2-13-15-12(5-8-21-15)14-9-19-10-20(13)14/h5,8-11,13H,1-4,6-7H2/t13-/m0/s1. The molecule has 1 aliphatic heterocycles. The third-order valence-electron chi connectivity index (χ3n) is 4.96. The largest absolute Gasteiger partial charge is 0.322 e. The maximum absolute atomic E-state index is 13.2. The van der Waals surface area contributed by atoms with Gasteiger partial charge in [-0.15, -0.1) is 11.3 Å². The second-order valence-electron chi connectivity index (χ2n) is 6.28. The Balaban J connectivity index is 1.45. The lowest BCUT2D eigenvalue weighted by Crippen LogP contribution is -2.24. The second kappa shape index (κ2) is 4.90. The van der Waals surface area contributed by atoms with Crippen LogP contribution in [0.4, 0.5) is 8.78 Å². The van der Waals surface area contributed by atoms with Gasteiger partial charge in [0.2, 0.25) is 5.92 Å². The fourth-order valence-electron chi connectivity index (χ4n) is 3.73. The molecule has 0 unspecified atom stereocenters. The minimum atomic E-state index is -2.41. The van der Waals surface area contributed by atoms with Crippen LogP contribution in [0.3, 0.4) is 0 Å². The van der Waals surface area contributed by atoms with Crippen LogP contribution in [0.25, 0.3) is 11.3 Å². The van der Waals surface area contributed by atoms with Crippen molar-refractivity contribution in [3.63, 3.8) is 0 Å². The Labute approximate surface area is 126 Å². The predicted molar refractivity (Wildman–Crippen MR) is 79.8 cm³/mol. The highest BCUT2D eigenvalue weighted by molar-refractivity contribution is 7.10. The van der Waals surface area contributed by atoms with Gasteiger partial charge in [-0.3, -0.25) is 0 Å². The van der Waals surface area contributed by atoms with Crippen LogP contribution in [0.2, 0.25) is 0 Å². The topological polar surface area (TPSA) is 17.8 Å². The molecule has 2 aromatic rings. The Hall–Kier alpha value is -1.23. The normalized spacial score (nSPS) is 24.0. The summed E-state index contributed by atoms with van der Waals surface area (Å²) in [6.45, 7) is 0. The van der Waals surface area contributed by atoms with Gasteiger partial charge in [0.05, 0.1) is 24.3 Å². The van der Waals surface area contributed by atoms with E-state index in [-0.39, 0.29) is 12.8 Å². The molecule has 0 N–H and O–H groups in total. The summed E-state index contributed by atoms with van der Waals surface area (Å²) in [5.41, 5.74) is 2.50. The Bertz CT molecular complexity index is 596. The summed E-state index contributed by atoms with van der Waals surface area (Å²) >= 11 is 1.80. The zero-order valence-electron chi connectivity index (χ0n) is 11.8. The fraction of sp³-hybridized carbons (Fsp3) is 0.562. The summed E-state index contributed by atoms with van der Waals surface area (Å²) in [5.74, 6) is -1.96. The molecule has 2 aromatic heterocycles. The maximum atomic E-state index is 13.2. The molecule has 0 bridgehead atoms. The van der Waals surface area contributed by atoms with Crippen molar-refractivity contribution in [2.24, 2.45) is 5.92 Å². The van der Waals surface area contributed by atoms with Gasteiger partial charge in [-0.05, 0) is 43.0 Å². The second-order valence-corrected chi connectivity index (χ2v) is 7.22. The number of thiophene rings is 1. The van der Waals surface area contributed by atoms with Crippen molar-refractivity contribution < 1.29 is 8.78 Å². The molecule has 1 fully saturated rings. The zero-order chi connectivity index (χ0) is 14.4. The van der Waals surface area contributed by atoms with Gasteiger partial charge in [0.15, 0.2) is 0 Å². The Morgan fingerprint density at radius 1 is 1.29 bits per heavy atom. The van der Waals surface area contributed by atoms with Gasteiger partial charge in [0.25, 0.3) is 0 Å². The molecule has 5 heteroatoms. The molecule has 0 radical (unpaired) electrons. The van der Waals surface area contributed by atoms with Crippen LogP contribution in [-0.4, -0.2) is 15.5 Å². The van der Waals surface area contributed by atoms with Crippen LogP contribution < -0.4 is 0 Å². The van der Waals surface area contributed by atoms with Gasteiger partial charge in [-0.1, -0.05) is 0 Å². The molecule has 0 saturated heterocycles. The molecule has 4 rings (SSSR count). The monoisotopic (exact) mass is 308 g/mol. The summed E-state index contributed by atoms with van der Waals surface area (Å²) < 4.78 is 28.7. The first-order valence-electron chi connectivity index (χ1n) is 7.61. The summed E-state index contributed by atoms with van der Waals surface area (Å²) in [6.07, 6.45) is 7.39. The molecule has 112 valence electrons. The molecule has 0 amide bonds. The Morgan fingerprint density at radius 3 is 2.90 bits per heavy atom.